The number of benzene rings is 1. The van der Waals surface area contributed by atoms with E-state index in [-0.39, 0.29) is 5.91 Å². The van der Waals surface area contributed by atoms with Crippen LogP contribution < -0.4 is 0 Å². The van der Waals surface area contributed by atoms with Gasteiger partial charge in [-0.1, -0.05) is 23.2 Å². The predicted molar refractivity (Wildman–Crippen MR) is 103 cm³/mol. The molecule has 1 aromatic carbocycles. The molecule has 2 aromatic rings. The number of aliphatic imine (C=N–C) groups is 1. The lowest BCUT2D eigenvalue weighted by molar-refractivity contribution is -0.113. The third-order valence-electron chi connectivity index (χ3n) is 4.08. The molecule has 25 heavy (non-hydrogen) atoms. The monoisotopic (exact) mass is 392 g/mol. The molecule has 2 aliphatic rings. The van der Waals surface area contributed by atoms with E-state index in [9.17, 15) is 4.79 Å². The zero-order valence-electron chi connectivity index (χ0n) is 13.2. The van der Waals surface area contributed by atoms with Gasteiger partial charge in [0.15, 0.2) is 5.17 Å². The summed E-state index contributed by atoms with van der Waals surface area (Å²) in [6, 6.07) is 8.83. The largest absolute Gasteiger partial charge is 0.457 e. The minimum Gasteiger partial charge on any atom is -0.457 e. The highest BCUT2D eigenvalue weighted by Gasteiger charge is 2.27. The Labute approximate surface area is 159 Å². The fourth-order valence-electron chi connectivity index (χ4n) is 2.83. The zero-order chi connectivity index (χ0) is 17.4. The Morgan fingerprint density at radius 3 is 2.76 bits per heavy atom. The van der Waals surface area contributed by atoms with Crippen LogP contribution in [-0.4, -0.2) is 29.1 Å². The van der Waals surface area contributed by atoms with Crippen LogP contribution in [0.15, 0.2) is 44.6 Å². The third kappa shape index (κ3) is 3.50. The molecule has 2 aliphatic heterocycles. The molecule has 1 saturated heterocycles. The lowest BCUT2D eigenvalue weighted by atomic mass is 10.2. The summed E-state index contributed by atoms with van der Waals surface area (Å²) in [6.45, 7) is 1.93. The van der Waals surface area contributed by atoms with Crippen LogP contribution in [0.4, 0.5) is 0 Å². The van der Waals surface area contributed by atoms with Crippen LogP contribution in [0.5, 0.6) is 0 Å². The second kappa shape index (κ2) is 6.90. The van der Waals surface area contributed by atoms with Gasteiger partial charge in [0.05, 0.1) is 9.93 Å². The average Bonchev–Trinajstić information content (AvgIpc) is 3.32. The van der Waals surface area contributed by atoms with E-state index in [4.69, 9.17) is 27.6 Å². The van der Waals surface area contributed by atoms with Crippen LogP contribution in [0.2, 0.25) is 10.0 Å². The van der Waals surface area contributed by atoms with Crippen molar-refractivity contribution in [2.24, 2.45) is 4.99 Å². The minimum atomic E-state index is -0.217. The molecule has 0 N–H and O–H groups in total. The number of nitrogens with zero attached hydrogens (tertiary/aromatic N) is 2. The van der Waals surface area contributed by atoms with Crippen molar-refractivity contribution in [3.8, 4) is 11.3 Å². The molecular weight excluding hydrogens is 379 g/mol. The molecule has 0 bridgehead atoms. The molecule has 4 rings (SSSR count). The predicted octanol–water partition coefficient (Wildman–Crippen LogP) is 5.32. The van der Waals surface area contributed by atoms with Crippen LogP contribution in [-0.2, 0) is 4.79 Å². The van der Waals surface area contributed by atoms with Gasteiger partial charge in [0.2, 0.25) is 0 Å². The number of rotatable bonds is 2. The van der Waals surface area contributed by atoms with Gasteiger partial charge in [-0.15, -0.1) is 0 Å². The van der Waals surface area contributed by atoms with Crippen LogP contribution in [0.1, 0.15) is 18.6 Å². The summed E-state index contributed by atoms with van der Waals surface area (Å²) in [6.07, 6.45) is 4.02. The van der Waals surface area contributed by atoms with Crippen molar-refractivity contribution in [2.75, 3.05) is 13.1 Å². The molecule has 0 saturated carbocycles. The Morgan fingerprint density at radius 1 is 1.16 bits per heavy atom. The van der Waals surface area contributed by atoms with E-state index in [0.717, 1.165) is 36.7 Å². The fourth-order valence-corrected chi connectivity index (χ4v) is 4.16. The van der Waals surface area contributed by atoms with Crippen molar-refractivity contribution in [3.63, 3.8) is 0 Å². The van der Waals surface area contributed by atoms with Crippen molar-refractivity contribution in [1.29, 1.82) is 0 Å². The first-order valence-electron chi connectivity index (χ1n) is 7.93. The molecule has 1 aromatic heterocycles. The number of hydrogen-bond acceptors (Lipinski definition) is 4. The standard InChI is InChI=1S/C18H14Cl2N2O2S/c19-11-3-5-14(20)13(9-11)15-6-4-12(24-15)10-16-17(23)21-18(25-16)22-7-1-2-8-22/h3-6,9-10H,1-2,7-8H2. The number of hydrogen-bond donors (Lipinski definition) is 0. The van der Waals surface area contributed by atoms with E-state index < -0.39 is 0 Å². The van der Waals surface area contributed by atoms with E-state index in [0.29, 0.717) is 26.5 Å². The van der Waals surface area contributed by atoms with Crippen molar-refractivity contribution in [3.05, 3.63) is 51.0 Å². The molecule has 0 unspecified atom stereocenters. The summed E-state index contributed by atoms with van der Waals surface area (Å²) in [7, 11) is 0. The maximum Gasteiger partial charge on any atom is 0.286 e. The number of carbonyl (C=O) groups excluding carboxylic acids is 1. The number of likely N-dealkylation sites (tertiary alicyclic amines) is 1. The van der Waals surface area contributed by atoms with Crippen molar-refractivity contribution in [1.82, 2.24) is 4.90 Å². The number of amidine groups is 1. The molecule has 0 radical (unpaired) electrons. The number of carbonyl (C=O) groups is 1. The summed E-state index contributed by atoms with van der Waals surface area (Å²) in [4.78, 5) is 19.0. The van der Waals surface area contributed by atoms with Gasteiger partial charge >= 0.3 is 0 Å². The van der Waals surface area contributed by atoms with E-state index in [1.165, 1.54) is 11.8 Å². The topological polar surface area (TPSA) is 45.8 Å². The summed E-state index contributed by atoms with van der Waals surface area (Å²) < 4.78 is 5.83. The van der Waals surface area contributed by atoms with Gasteiger partial charge in [-0.25, -0.2) is 0 Å². The molecule has 0 aliphatic carbocycles. The van der Waals surface area contributed by atoms with Crippen molar-refractivity contribution < 1.29 is 9.21 Å². The van der Waals surface area contributed by atoms with E-state index in [2.05, 4.69) is 9.89 Å². The third-order valence-corrected chi connectivity index (χ3v) is 5.69. The number of furan rings is 1. The highest BCUT2D eigenvalue weighted by atomic mass is 35.5. The Kier molecular flexibility index (Phi) is 4.63. The van der Waals surface area contributed by atoms with Gasteiger partial charge in [0.1, 0.15) is 11.5 Å². The Morgan fingerprint density at radius 2 is 1.96 bits per heavy atom. The second-order valence-electron chi connectivity index (χ2n) is 5.83. The summed E-state index contributed by atoms with van der Waals surface area (Å²) in [5.74, 6) is 0.973. The van der Waals surface area contributed by atoms with Gasteiger partial charge in [-0.3, -0.25) is 4.79 Å². The average molecular weight is 393 g/mol. The van der Waals surface area contributed by atoms with Crippen molar-refractivity contribution in [2.45, 2.75) is 12.8 Å². The summed E-state index contributed by atoms with van der Waals surface area (Å²) >= 11 is 13.6. The zero-order valence-corrected chi connectivity index (χ0v) is 15.5. The van der Waals surface area contributed by atoms with Crippen LogP contribution >= 0.6 is 35.0 Å². The van der Waals surface area contributed by atoms with Gasteiger partial charge in [-0.05, 0) is 54.9 Å². The normalized spacial score (nSPS) is 19.1. The van der Waals surface area contributed by atoms with E-state index in [1.807, 2.05) is 6.07 Å². The number of halogens is 2. The second-order valence-corrected chi connectivity index (χ2v) is 7.68. The smallest absolute Gasteiger partial charge is 0.286 e. The molecule has 1 fully saturated rings. The SMILES string of the molecule is O=C1N=C(N2CCCC2)SC1=Cc1ccc(-c2cc(Cl)ccc2Cl)o1. The van der Waals surface area contributed by atoms with E-state index >= 15 is 0 Å². The lowest BCUT2D eigenvalue weighted by Gasteiger charge is -2.14. The molecule has 128 valence electrons. The first-order chi connectivity index (χ1) is 12.1. The highest BCUT2D eigenvalue weighted by molar-refractivity contribution is 8.18. The molecule has 0 atom stereocenters. The fraction of sp³-hybridized carbons (Fsp3) is 0.222. The molecule has 4 nitrogen and oxygen atoms in total. The van der Waals surface area contributed by atoms with Gasteiger partial charge < -0.3 is 9.32 Å². The summed E-state index contributed by atoms with van der Waals surface area (Å²) in [5, 5.41) is 1.93. The molecular formula is C18H14Cl2N2O2S. The van der Waals surface area contributed by atoms with Gasteiger partial charge in [-0.2, -0.15) is 4.99 Å². The highest BCUT2D eigenvalue weighted by Crippen LogP contribution is 2.35. The lowest BCUT2D eigenvalue weighted by Crippen LogP contribution is -2.23. The maximum absolute atomic E-state index is 12.1. The van der Waals surface area contributed by atoms with Gasteiger partial charge in [0, 0.05) is 29.8 Å². The first kappa shape index (κ1) is 16.8. The molecule has 0 spiro atoms. The maximum atomic E-state index is 12.1. The van der Waals surface area contributed by atoms with E-state index in [1.54, 1.807) is 30.3 Å². The minimum absolute atomic E-state index is 0.217. The van der Waals surface area contributed by atoms with Gasteiger partial charge in [0.25, 0.3) is 5.91 Å². The van der Waals surface area contributed by atoms with Crippen LogP contribution in [0.25, 0.3) is 17.4 Å². The Balaban J connectivity index is 1.56. The van der Waals surface area contributed by atoms with Crippen LogP contribution in [0.3, 0.4) is 0 Å². The van der Waals surface area contributed by atoms with Crippen molar-refractivity contribution >= 4 is 52.1 Å². The quantitative estimate of drug-likeness (QED) is 0.648. The van der Waals surface area contributed by atoms with Crippen LogP contribution in [0, 0.1) is 0 Å². The molecule has 3 heterocycles. The summed E-state index contributed by atoms with van der Waals surface area (Å²) in [5.41, 5.74) is 0.721. The Bertz CT molecular complexity index is 898. The number of thioether (sulfide) groups is 1. The Hall–Kier alpha value is -1.69. The molecule has 7 heteroatoms. The molecule has 1 amide bonds. The first-order valence-corrected chi connectivity index (χ1v) is 9.50. The number of amides is 1.